The molecule has 0 aromatic carbocycles. The van der Waals surface area contributed by atoms with Crippen molar-refractivity contribution in [1.29, 1.82) is 0 Å². The molecular formula is C13H24N2. The van der Waals surface area contributed by atoms with Gasteiger partial charge in [-0.05, 0) is 32.7 Å². The molecule has 1 atom stereocenters. The van der Waals surface area contributed by atoms with Crippen molar-refractivity contribution in [3.05, 3.63) is 11.6 Å². The minimum atomic E-state index is 0.749. The summed E-state index contributed by atoms with van der Waals surface area (Å²) in [5.41, 5.74) is 1.55. The van der Waals surface area contributed by atoms with Crippen molar-refractivity contribution in [1.82, 2.24) is 10.2 Å². The fourth-order valence-corrected chi connectivity index (χ4v) is 2.71. The summed E-state index contributed by atoms with van der Waals surface area (Å²) in [5.74, 6) is 0. The Kier molecular flexibility index (Phi) is 4.21. The van der Waals surface area contributed by atoms with Gasteiger partial charge in [0.25, 0.3) is 0 Å². The fourth-order valence-electron chi connectivity index (χ4n) is 2.71. The molecule has 2 heteroatoms. The van der Waals surface area contributed by atoms with Crippen LogP contribution >= 0.6 is 0 Å². The molecule has 0 aromatic heterocycles. The van der Waals surface area contributed by atoms with Gasteiger partial charge in [0.1, 0.15) is 0 Å². The highest BCUT2D eigenvalue weighted by molar-refractivity contribution is 5.04. The van der Waals surface area contributed by atoms with E-state index in [-0.39, 0.29) is 0 Å². The Hall–Kier alpha value is -0.340. The first-order valence-corrected chi connectivity index (χ1v) is 6.46. The van der Waals surface area contributed by atoms with Gasteiger partial charge in [0.2, 0.25) is 0 Å². The van der Waals surface area contributed by atoms with E-state index < -0.39 is 0 Å². The molecule has 0 aromatic rings. The molecule has 2 nitrogen and oxygen atoms in total. The van der Waals surface area contributed by atoms with Crippen molar-refractivity contribution in [2.24, 2.45) is 0 Å². The third kappa shape index (κ3) is 3.62. The van der Waals surface area contributed by atoms with Crippen LogP contribution in [0.25, 0.3) is 0 Å². The van der Waals surface area contributed by atoms with Crippen molar-refractivity contribution in [3.63, 3.8) is 0 Å². The predicted octanol–water partition coefficient (Wildman–Crippen LogP) is 2.17. The van der Waals surface area contributed by atoms with E-state index in [1.54, 1.807) is 5.57 Å². The molecule has 2 aliphatic heterocycles. The van der Waals surface area contributed by atoms with Crippen LogP contribution in [0.4, 0.5) is 0 Å². The van der Waals surface area contributed by atoms with Gasteiger partial charge in [-0.15, -0.1) is 0 Å². The number of rotatable bonds is 2. The highest BCUT2D eigenvalue weighted by atomic mass is 15.1. The van der Waals surface area contributed by atoms with Gasteiger partial charge in [-0.25, -0.2) is 0 Å². The summed E-state index contributed by atoms with van der Waals surface area (Å²) in [6, 6.07) is 0.749. The van der Waals surface area contributed by atoms with Crippen LogP contribution in [0.3, 0.4) is 0 Å². The van der Waals surface area contributed by atoms with Crippen molar-refractivity contribution >= 4 is 0 Å². The molecule has 0 saturated carbocycles. The second kappa shape index (κ2) is 5.66. The van der Waals surface area contributed by atoms with Crippen molar-refractivity contribution in [3.8, 4) is 0 Å². The van der Waals surface area contributed by atoms with Crippen molar-refractivity contribution < 1.29 is 0 Å². The summed E-state index contributed by atoms with van der Waals surface area (Å²) >= 11 is 0. The Morgan fingerprint density at radius 2 is 2.33 bits per heavy atom. The average molecular weight is 208 g/mol. The number of nitrogens with one attached hydrogen (secondary N) is 1. The highest BCUT2D eigenvalue weighted by Gasteiger charge is 2.17. The molecule has 2 heterocycles. The van der Waals surface area contributed by atoms with Crippen LogP contribution in [0.1, 0.15) is 39.0 Å². The second-order valence-electron chi connectivity index (χ2n) is 5.07. The van der Waals surface area contributed by atoms with Gasteiger partial charge in [0.15, 0.2) is 0 Å². The molecule has 1 saturated heterocycles. The van der Waals surface area contributed by atoms with E-state index in [2.05, 4.69) is 23.2 Å². The maximum atomic E-state index is 3.68. The summed E-state index contributed by atoms with van der Waals surface area (Å²) in [4.78, 5) is 2.61. The summed E-state index contributed by atoms with van der Waals surface area (Å²) < 4.78 is 0. The van der Waals surface area contributed by atoms with E-state index >= 15 is 0 Å². The van der Waals surface area contributed by atoms with Crippen LogP contribution in [0.15, 0.2) is 11.6 Å². The maximum Gasteiger partial charge on any atom is 0.0195 e. The molecule has 2 aliphatic rings. The van der Waals surface area contributed by atoms with Crippen LogP contribution in [-0.4, -0.2) is 37.1 Å². The summed E-state index contributed by atoms with van der Waals surface area (Å²) in [5, 5.41) is 3.68. The molecule has 0 bridgehead atoms. The van der Waals surface area contributed by atoms with E-state index in [0.29, 0.717) is 0 Å². The van der Waals surface area contributed by atoms with Gasteiger partial charge in [0.05, 0.1) is 0 Å². The molecular weight excluding hydrogens is 184 g/mol. The van der Waals surface area contributed by atoms with Gasteiger partial charge in [-0.1, -0.05) is 24.5 Å². The van der Waals surface area contributed by atoms with E-state index in [9.17, 15) is 0 Å². The fraction of sp³-hybridized carbons (Fsp3) is 0.846. The Labute approximate surface area is 93.7 Å². The van der Waals surface area contributed by atoms with E-state index in [1.807, 2.05) is 0 Å². The Balaban J connectivity index is 1.77. The topological polar surface area (TPSA) is 15.3 Å². The van der Waals surface area contributed by atoms with Crippen LogP contribution < -0.4 is 5.32 Å². The van der Waals surface area contributed by atoms with Gasteiger partial charge >= 0.3 is 0 Å². The third-order valence-corrected chi connectivity index (χ3v) is 3.55. The quantitative estimate of drug-likeness (QED) is 0.700. The average Bonchev–Trinajstić information content (AvgIpc) is 2.46. The number of nitrogens with zero attached hydrogens (tertiary/aromatic N) is 1. The normalized spacial score (nSPS) is 29.7. The summed E-state index contributed by atoms with van der Waals surface area (Å²) in [6.07, 6.45) is 9.22. The van der Waals surface area contributed by atoms with E-state index in [4.69, 9.17) is 0 Å². The first-order chi connectivity index (χ1) is 7.34. The monoisotopic (exact) mass is 208 g/mol. The lowest BCUT2D eigenvalue weighted by Gasteiger charge is -2.30. The van der Waals surface area contributed by atoms with Crippen LogP contribution in [0.2, 0.25) is 0 Å². The van der Waals surface area contributed by atoms with Crippen LogP contribution in [0.5, 0.6) is 0 Å². The lowest BCUT2D eigenvalue weighted by molar-refractivity contribution is 0.252. The van der Waals surface area contributed by atoms with Crippen molar-refractivity contribution in [2.45, 2.75) is 45.1 Å². The molecule has 0 radical (unpaired) electrons. The smallest absolute Gasteiger partial charge is 0.0195 e. The molecule has 0 spiro atoms. The van der Waals surface area contributed by atoms with E-state index in [0.717, 1.165) is 6.04 Å². The number of hydrogen-bond donors (Lipinski definition) is 1. The Morgan fingerprint density at radius 1 is 1.40 bits per heavy atom. The molecule has 1 unspecified atom stereocenters. The van der Waals surface area contributed by atoms with Crippen LogP contribution in [-0.2, 0) is 0 Å². The molecule has 2 rings (SSSR count). The molecule has 1 fully saturated rings. The Bertz CT molecular complexity index is 215. The number of hydrogen-bond acceptors (Lipinski definition) is 2. The minimum absolute atomic E-state index is 0.749. The first-order valence-electron chi connectivity index (χ1n) is 6.46. The lowest BCUT2D eigenvalue weighted by Crippen LogP contribution is -2.42. The molecule has 0 amide bonds. The molecule has 0 aliphatic carbocycles. The molecule has 86 valence electrons. The zero-order valence-electron chi connectivity index (χ0n) is 9.97. The third-order valence-electron chi connectivity index (χ3n) is 3.55. The Morgan fingerprint density at radius 3 is 3.20 bits per heavy atom. The SMILES string of the molecule is CC1=CCCN(CC2CCCCCN2)C1. The predicted molar refractivity (Wildman–Crippen MR) is 65.1 cm³/mol. The summed E-state index contributed by atoms with van der Waals surface area (Å²) in [7, 11) is 0. The van der Waals surface area contributed by atoms with Gasteiger partial charge in [-0.2, -0.15) is 0 Å². The van der Waals surface area contributed by atoms with E-state index in [1.165, 1.54) is 58.3 Å². The van der Waals surface area contributed by atoms with Gasteiger partial charge in [0, 0.05) is 25.7 Å². The largest absolute Gasteiger partial charge is 0.313 e. The standard InChI is InChI=1S/C13H24N2/c1-12-6-5-9-15(10-12)11-13-7-3-2-4-8-14-13/h6,13-14H,2-5,7-11H2,1H3. The van der Waals surface area contributed by atoms with Gasteiger partial charge < -0.3 is 5.32 Å². The zero-order valence-corrected chi connectivity index (χ0v) is 9.97. The molecule has 15 heavy (non-hydrogen) atoms. The lowest BCUT2D eigenvalue weighted by atomic mass is 10.1. The van der Waals surface area contributed by atoms with Gasteiger partial charge in [-0.3, -0.25) is 4.90 Å². The highest BCUT2D eigenvalue weighted by Crippen LogP contribution is 2.13. The van der Waals surface area contributed by atoms with Crippen LogP contribution in [0, 0.1) is 0 Å². The first kappa shape index (κ1) is 11.2. The maximum absolute atomic E-state index is 3.68. The molecule has 1 N–H and O–H groups in total. The minimum Gasteiger partial charge on any atom is -0.313 e. The second-order valence-corrected chi connectivity index (χ2v) is 5.07. The van der Waals surface area contributed by atoms with Crippen molar-refractivity contribution in [2.75, 3.05) is 26.2 Å². The summed E-state index contributed by atoms with van der Waals surface area (Å²) in [6.45, 7) is 7.19. The zero-order chi connectivity index (χ0) is 10.5.